The van der Waals surface area contributed by atoms with E-state index in [1.807, 2.05) is 36.4 Å². The van der Waals surface area contributed by atoms with Crippen molar-refractivity contribution < 1.29 is 0 Å². The molecule has 2 heteroatoms. The molecule has 0 aliphatic carbocycles. The number of hydrogen-bond acceptors (Lipinski definition) is 2. The summed E-state index contributed by atoms with van der Waals surface area (Å²) in [4.78, 5) is 2.53. The van der Waals surface area contributed by atoms with Gasteiger partial charge in [0.2, 0.25) is 0 Å². The largest absolute Gasteiger partial charge is 0.192 e. The van der Waals surface area contributed by atoms with Crippen LogP contribution in [0.4, 0.5) is 0 Å². The zero-order valence-electron chi connectivity index (χ0n) is 11.3. The van der Waals surface area contributed by atoms with Gasteiger partial charge < -0.3 is 0 Å². The van der Waals surface area contributed by atoms with Crippen molar-refractivity contribution in [2.24, 2.45) is 5.92 Å². The molecular formula is C17H17NS. The van der Waals surface area contributed by atoms with Gasteiger partial charge in [-0.2, -0.15) is 5.26 Å². The van der Waals surface area contributed by atoms with Crippen LogP contribution < -0.4 is 0 Å². The molecule has 1 heterocycles. The van der Waals surface area contributed by atoms with Crippen LogP contribution in [-0.4, -0.2) is 0 Å². The van der Waals surface area contributed by atoms with Crippen molar-refractivity contribution in [3.05, 3.63) is 57.8 Å². The summed E-state index contributed by atoms with van der Waals surface area (Å²) in [5.41, 5.74) is 1.70. The molecule has 0 radical (unpaired) electrons. The Balaban J connectivity index is 2.24. The maximum atomic E-state index is 9.28. The number of nitriles is 1. The summed E-state index contributed by atoms with van der Waals surface area (Å²) in [6.45, 7) is 4.44. The molecule has 0 bridgehead atoms. The molecule has 0 unspecified atom stereocenters. The molecule has 0 N–H and O–H groups in total. The van der Waals surface area contributed by atoms with Crippen molar-refractivity contribution in [3.63, 3.8) is 0 Å². The third-order valence-corrected chi connectivity index (χ3v) is 3.84. The van der Waals surface area contributed by atoms with E-state index in [2.05, 4.69) is 32.0 Å². The molecule has 0 aliphatic heterocycles. The Bertz CT molecular complexity index is 600. The fourth-order valence-corrected chi connectivity index (χ4v) is 3.09. The Morgan fingerprint density at radius 1 is 1.21 bits per heavy atom. The molecule has 0 aliphatic rings. The zero-order chi connectivity index (χ0) is 13.7. The zero-order valence-corrected chi connectivity index (χ0v) is 12.1. The van der Waals surface area contributed by atoms with E-state index in [9.17, 15) is 5.26 Å². The van der Waals surface area contributed by atoms with Gasteiger partial charge in [0.15, 0.2) is 0 Å². The maximum Gasteiger partial charge on any atom is 0.0998 e. The van der Waals surface area contributed by atoms with Crippen LogP contribution in [0.5, 0.6) is 0 Å². The van der Waals surface area contributed by atoms with Gasteiger partial charge in [0.05, 0.1) is 11.6 Å². The van der Waals surface area contributed by atoms with Crippen molar-refractivity contribution >= 4 is 23.0 Å². The van der Waals surface area contributed by atoms with E-state index in [1.54, 1.807) is 11.3 Å². The number of nitrogens with zero attached hydrogens (tertiary/aromatic N) is 1. The molecule has 0 amide bonds. The van der Waals surface area contributed by atoms with Crippen LogP contribution in [0.2, 0.25) is 0 Å². The molecule has 0 spiro atoms. The lowest BCUT2D eigenvalue weighted by atomic mass is 10.1. The Labute approximate surface area is 118 Å². The topological polar surface area (TPSA) is 23.8 Å². The summed E-state index contributed by atoms with van der Waals surface area (Å²) in [5.74, 6) is 0.667. The second-order valence-electron chi connectivity index (χ2n) is 4.94. The van der Waals surface area contributed by atoms with Crippen LogP contribution in [0.3, 0.4) is 0 Å². The van der Waals surface area contributed by atoms with E-state index in [0.29, 0.717) is 5.92 Å². The number of rotatable bonds is 4. The molecular weight excluding hydrogens is 250 g/mol. The number of hydrogen-bond donors (Lipinski definition) is 0. The fraction of sp³-hybridized carbons (Fsp3) is 0.235. The second-order valence-corrected chi connectivity index (χ2v) is 6.14. The van der Waals surface area contributed by atoms with Crippen LogP contribution in [-0.2, 0) is 6.42 Å². The van der Waals surface area contributed by atoms with Gasteiger partial charge in [-0.25, -0.2) is 0 Å². The Hall–Kier alpha value is -1.85. The number of thiophene rings is 1. The molecule has 2 aromatic rings. The van der Waals surface area contributed by atoms with Gasteiger partial charge in [-0.3, -0.25) is 0 Å². The van der Waals surface area contributed by atoms with Crippen LogP contribution in [0.15, 0.2) is 42.5 Å². The van der Waals surface area contributed by atoms with Gasteiger partial charge in [-0.05, 0) is 36.1 Å². The van der Waals surface area contributed by atoms with Gasteiger partial charge in [0.1, 0.15) is 0 Å². The van der Waals surface area contributed by atoms with Crippen molar-refractivity contribution in [3.8, 4) is 6.07 Å². The molecule has 0 saturated carbocycles. The monoisotopic (exact) mass is 267 g/mol. The minimum Gasteiger partial charge on any atom is -0.192 e. The third kappa shape index (κ3) is 3.81. The first-order valence-corrected chi connectivity index (χ1v) is 7.26. The third-order valence-electron chi connectivity index (χ3n) is 2.78. The maximum absolute atomic E-state index is 9.28. The highest BCUT2D eigenvalue weighted by Gasteiger charge is 2.04. The molecule has 0 atom stereocenters. The average Bonchev–Trinajstić information content (AvgIpc) is 2.83. The summed E-state index contributed by atoms with van der Waals surface area (Å²) >= 11 is 1.77. The fourth-order valence-electron chi connectivity index (χ4n) is 1.92. The van der Waals surface area contributed by atoms with Gasteiger partial charge in [0.25, 0.3) is 0 Å². The molecule has 96 valence electrons. The molecule has 19 heavy (non-hydrogen) atoms. The molecule has 1 aromatic carbocycles. The van der Waals surface area contributed by atoms with Crippen LogP contribution in [0.1, 0.15) is 29.2 Å². The summed E-state index contributed by atoms with van der Waals surface area (Å²) < 4.78 is 0. The number of benzene rings is 1. The molecule has 1 aromatic heterocycles. The van der Waals surface area contributed by atoms with E-state index >= 15 is 0 Å². The second kappa shape index (κ2) is 6.36. The van der Waals surface area contributed by atoms with E-state index < -0.39 is 0 Å². The highest BCUT2D eigenvalue weighted by molar-refractivity contribution is 7.12. The molecule has 1 nitrogen and oxygen atoms in total. The van der Waals surface area contributed by atoms with Gasteiger partial charge >= 0.3 is 0 Å². The average molecular weight is 267 g/mol. The standard InChI is InChI=1S/C17H17NS/c1-13(2)10-16-8-9-17(19-16)11-15(12-18)14-6-4-3-5-7-14/h3-9,11,13H,10H2,1-2H3/b15-11+. The minimum absolute atomic E-state index is 0.667. The van der Waals surface area contributed by atoms with Crippen LogP contribution >= 0.6 is 11.3 Å². The first-order valence-electron chi connectivity index (χ1n) is 6.45. The smallest absolute Gasteiger partial charge is 0.0998 e. The van der Waals surface area contributed by atoms with E-state index in [1.165, 1.54) is 4.88 Å². The highest BCUT2D eigenvalue weighted by atomic mass is 32.1. The minimum atomic E-state index is 0.667. The Morgan fingerprint density at radius 3 is 2.58 bits per heavy atom. The predicted octanol–water partition coefficient (Wildman–Crippen LogP) is 5.01. The first kappa shape index (κ1) is 13.6. The number of allylic oxidation sites excluding steroid dienone is 1. The normalized spacial score (nSPS) is 11.6. The Kier molecular flexibility index (Phi) is 4.54. The van der Waals surface area contributed by atoms with Crippen molar-refractivity contribution in [2.75, 3.05) is 0 Å². The van der Waals surface area contributed by atoms with Crippen molar-refractivity contribution in [1.29, 1.82) is 5.26 Å². The van der Waals surface area contributed by atoms with Gasteiger partial charge in [0, 0.05) is 9.75 Å². The SMILES string of the molecule is CC(C)Cc1ccc(/C=C(\C#N)c2ccccc2)s1. The van der Waals surface area contributed by atoms with Crippen LogP contribution in [0, 0.1) is 17.2 Å². The summed E-state index contributed by atoms with van der Waals surface area (Å²) in [6.07, 6.45) is 3.08. The van der Waals surface area contributed by atoms with Crippen molar-refractivity contribution in [1.82, 2.24) is 0 Å². The lowest BCUT2D eigenvalue weighted by molar-refractivity contribution is 0.654. The molecule has 0 fully saturated rings. The first-order chi connectivity index (χ1) is 9.19. The lowest BCUT2D eigenvalue weighted by Crippen LogP contribution is -1.89. The van der Waals surface area contributed by atoms with Crippen LogP contribution in [0.25, 0.3) is 11.6 Å². The molecule has 0 saturated heterocycles. The van der Waals surface area contributed by atoms with Crippen molar-refractivity contribution in [2.45, 2.75) is 20.3 Å². The van der Waals surface area contributed by atoms with E-state index in [4.69, 9.17) is 0 Å². The molecule has 2 rings (SSSR count). The lowest BCUT2D eigenvalue weighted by Gasteiger charge is -1.99. The highest BCUT2D eigenvalue weighted by Crippen LogP contribution is 2.24. The van der Waals surface area contributed by atoms with E-state index in [-0.39, 0.29) is 0 Å². The van der Waals surface area contributed by atoms with Gasteiger partial charge in [-0.15, -0.1) is 11.3 Å². The quantitative estimate of drug-likeness (QED) is 0.714. The van der Waals surface area contributed by atoms with Gasteiger partial charge in [-0.1, -0.05) is 44.2 Å². The van der Waals surface area contributed by atoms with E-state index in [0.717, 1.165) is 22.4 Å². The summed E-state index contributed by atoms with van der Waals surface area (Å²) in [5, 5.41) is 9.28. The summed E-state index contributed by atoms with van der Waals surface area (Å²) in [6, 6.07) is 16.4. The summed E-state index contributed by atoms with van der Waals surface area (Å²) in [7, 11) is 0. The Morgan fingerprint density at radius 2 is 1.95 bits per heavy atom. The predicted molar refractivity (Wildman–Crippen MR) is 82.8 cm³/mol.